The molecule has 1 aromatic carbocycles. The second kappa shape index (κ2) is 7.42. The van der Waals surface area contributed by atoms with Crippen LogP contribution < -0.4 is 0 Å². The normalized spacial score (nSPS) is 12.7. The number of rotatable bonds is 7. The van der Waals surface area contributed by atoms with Crippen molar-refractivity contribution in [2.24, 2.45) is 0 Å². The maximum atomic E-state index is 10.8. The third kappa shape index (κ3) is 3.87. The Morgan fingerprint density at radius 3 is 2.90 bits per heavy atom. The summed E-state index contributed by atoms with van der Waals surface area (Å²) in [7, 11) is 0. The zero-order valence-electron chi connectivity index (χ0n) is 11.9. The molecule has 0 bridgehead atoms. The molecule has 0 aliphatic heterocycles. The minimum atomic E-state index is -0.838. The highest BCUT2D eigenvalue weighted by Crippen LogP contribution is 2.32. The van der Waals surface area contributed by atoms with Gasteiger partial charge in [0.25, 0.3) is 0 Å². The molecule has 0 fully saturated rings. The van der Waals surface area contributed by atoms with E-state index in [1.807, 2.05) is 18.2 Å². The number of hydrogen-bond acceptors (Lipinski definition) is 4. The Kier molecular flexibility index (Phi) is 5.84. The van der Waals surface area contributed by atoms with Crippen LogP contribution in [0.5, 0.6) is 0 Å². The van der Waals surface area contributed by atoms with Crippen molar-refractivity contribution in [3.8, 4) is 0 Å². The molecular formula is C14H17ClN2O2S2. The number of hydrogen-bond donors (Lipinski definition) is 1. The topological polar surface area (TPSA) is 55.1 Å². The Balaban J connectivity index is 2.51. The van der Waals surface area contributed by atoms with Gasteiger partial charge in [0.2, 0.25) is 0 Å². The summed E-state index contributed by atoms with van der Waals surface area (Å²) in [6, 6.07) is 5.87. The number of carbonyl (C=O) groups is 1. The number of imidazole rings is 1. The highest BCUT2D eigenvalue weighted by molar-refractivity contribution is 7.99. The molecule has 0 saturated heterocycles. The summed E-state index contributed by atoms with van der Waals surface area (Å²) in [5.74, 6) is 0.122. The first-order valence-electron chi connectivity index (χ1n) is 6.57. The lowest BCUT2D eigenvalue weighted by Crippen LogP contribution is -2.12. The lowest BCUT2D eigenvalue weighted by Gasteiger charge is -2.19. The lowest BCUT2D eigenvalue weighted by atomic mass is 10.2. The molecule has 1 atom stereocenters. The zero-order chi connectivity index (χ0) is 15.4. The molecule has 2 rings (SSSR count). The average molecular weight is 345 g/mol. The van der Waals surface area contributed by atoms with E-state index >= 15 is 0 Å². The van der Waals surface area contributed by atoms with Crippen molar-refractivity contribution in [1.82, 2.24) is 9.55 Å². The van der Waals surface area contributed by atoms with E-state index in [-0.39, 0.29) is 11.8 Å². The number of aromatic nitrogens is 2. The molecule has 0 aliphatic carbocycles. The number of aliphatic carboxylic acids is 1. The van der Waals surface area contributed by atoms with Crippen LogP contribution in [0.3, 0.4) is 0 Å². The maximum absolute atomic E-state index is 10.8. The van der Waals surface area contributed by atoms with Crippen molar-refractivity contribution in [3.63, 3.8) is 0 Å². The van der Waals surface area contributed by atoms with Gasteiger partial charge in [-0.15, -0.1) is 0 Å². The van der Waals surface area contributed by atoms with Gasteiger partial charge in [-0.2, -0.15) is 11.8 Å². The summed E-state index contributed by atoms with van der Waals surface area (Å²) in [6.07, 6.45) is 3.03. The van der Waals surface area contributed by atoms with Crippen molar-refractivity contribution in [1.29, 1.82) is 0 Å². The van der Waals surface area contributed by atoms with Crippen LogP contribution in [0.4, 0.5) is 0 Å². The Bertz CT molecular complexity index is 645. The van der Waals surface area contributed by atoms with Crippen LogP contribution in [0, 0.1) is 0 Å². The minimum Gasteiger partial charge on any atom is -0.481 e. The summed E-state index contributed by atoms with van der Waals surface area (Å²) in [5, 5.41) is 10.3. The average Bonchev–Trinajstić information content (AvgIpc) is 2.80. The van der Waals surface area contributed by atoms with E-state index in [0.717, 1.165) is 28.4 Å². The van der Waals surface area contributed by atoms with E-state index < -0.39 is 5.97 Å². The third-order valence-corrected chi connectivity index (χ3v) is 5.03. The molecule has 1 heterocycles. The van der Waals surface area contributed by atoms with Gasteiger partial charge in [0.1, 0.15) is 0 Å². The monoisotopic (exact) mass is 344 g/mol. The fourth-order valence-electron chi connectivity index (χ4n) is 2.19. The maximum Gasteiger partial charge on any atom is 0.313 e. The van der Waals surface area contributed by atoms with Gasteiger partial charge in [-0.25, -0.2) is 4.98 Å². The van der Waals surface area contributed by atoms with Crippen LogP contribution in [-0.2, 0) is 4.79 Å². The smallest absolute Gasteiger partial charge is 0.313 e. The standard InChI is InChI=1S/C14H17ClN2O2S2/c1-3-10(7-20-2)17-12-6-9(15)4-5-11(12)16-14(17)21-8-13(18)19/h4-6,10H,3,7-8H2,1-2H3,(H,18,19). The number of benzene rings is 1. The molecule has 7 heteroatoms. The van der Waals surface area contributed by atoms with Crippen LogP contribution in [0.1, 0.15) is 19.4 Å². The van der Waals surface area contributed by atoms with E-state index in [0.29, 0.717) is 5.02 Å². The third-order valence-electron chi connectivity index (χ3n) is 3.14. The Hall–Kier alpha value is -0.850. The van der Waals surface area contributed by atoms with Crippen molar-refractivity contribution >= 4 is 52.1 Å². The van der Waals surface area contributed by atoms with Crippen molar-refractivity contribution in [2.45, 2.75) is 24.5 Å². The van der Waals surface area contributed by atoms with Gasteiger partial charge in [0, 0.05) is 16.8 Å². The molecule has 0 spiro atoms. The van der Waals surface area contributed by atoms with Crippen LogP contribution in [0.15, 0.2) is 23.4 Å². The zero-order valence-corrected chi connectivity index (χ0v) is 14.3. The van der Waals surface area contributed by atoms with Crippen molar-refractivity contribution in [3.05, 3.63) is 23.2 Å². The summed E-state index contributed by atoms with van der Waals surface area (Å²) in [5.41, 5.74) is 1.82. The van der Waals surface area contributed by atoms with Crippen molar-refractivity contribution < 1.29 is 9.90 Å². The summed E-state index contributed by atoms with van der Waals surface area (Å²) in [4.78, 5) is 15.4. The summed E-state index contributed by atoms with van der Waals surface area (Å²) in [6.45, 7) is 2.13. The molecule has 0 radical (unpaired) electrons. The fourth-order valence-corrected chi connectivity index (χ4v) is 3.93. The minimum absolute atomic E-state index is 0.00670. The number of carboxylic acid groups (broad SMARTS) is 1. The number of fused-ring (bicyclic) bond motifs is 1. The molecule has 114 valence electrons. The van der Waals surface area contributed by atoms with E-state index in [9.17, 15) is 4.79 Å². The lowest BCUT2D eigenvalue weighted by molar-refractivity contribution is -0.133. The molecule has 1 N–H and O–H groups in total. The van der Waals surface area contributed by atoms with Gasteiger partial charge >= 0.3 is 5.97 Å². The van der Waals surface area contributed by atoms with Crippen LogP contribution in [0.25, 0.3) is 11.0 Å². The molecule has 4 nitrogen and oxygen atoms in total. The first kappa shape index (κ1) is 16.5. The Morgan fingerprint density at radius 2 is 2.29 bits per heavy atom. The molecule has 2 aromatic rings. The molecule has 1 aromatic heterocycles. The molecular weight excluding hydrogens is 328 g/mol. The van der Waals surface area contributed by atoms with E-state index in [1.165, 1.54) is 11.8 Å². The van der Waals surface area contributed by atoms with E-state index in [4.69, 9.17) is 16.7 Å². The van der Waals surface area contributed by atoms with Crippen LogP contribution in [-0.4, -0.2) is 38.4 Å². The predicted molar refractivity (Wildman–Crippen MR) is 90.8 cm³/mol. The second-order valence-corrected chi connectivity index (χ2v) is 6.89. The number of nitrogens with zero attached hydrogens (tertiary/aromatic N) is 2. The van der Waals surface area contributed by atoms with Crippen LogP contribution >= 0.6 is 35.1 Å². The quantitative estimate of drug-likeness (QED) is 0.763. The molecule has 1 unspecified atom stereocenters. The van der Waals surface area contributed by atoms with Gasteiger partial charge in [0.15, 0.2) is 5.16 Å². The molecule has 21 heavy (non-hydrogen) atoms. The van der Waals surface area contributed by atoms with Gasteiger partial charge in [0.05, 0.1) is 16.8 Å². The molecule has 0 amide bonds. The molecule has 0 saturated carbocycles. The fraction of sp³-hybridized carbons (Fsp3) is 0.429. The Labute approximate surface area is 137 Å². The van der Waals surface area contributed by atoms with Gasteiger partial charge in [-0.3, -0.25) is 4.79 Å². The Morgan fingerprint density at radius 1 is 1.52 bits per heavy atom. The van der Waals surface area contributed by atoms with Gasteiger partial charge in [-0.05, 0) is 30.9 Å². The highest BCUT2D eigenvalue weighted by atomic mass is 35.5. The van der Waals surface area contributed by atoms with E-state index in [2.05, 4.69) is 22.7 Å². The van der Waals surface area contributed by atoms with Crippen LogP contribution in [0.2, 0.25) is 5.02 Å². The largest absolute Gasteiger partial charge is 0.481 e. The second-order valence-electron chi connectivity index (χ2n) is 4.60. The summed E-state index contributed by atoms with van der Waals surface area (Å²) < 4.78 is 2.13. The van der Waals surface area contributed by atoms with Crippen molar-refractivity contribution in [2.75, 3.05) is 17.8 Å². The number of thioether (sulfide) groups is 2. The molecule has 0 aliphatic rings. The van der Waals surface area contributed by atoms with Gasteiger partial charge < -0.3 is 9.67 Å². The summed E-state index contributed by atoms with van der Waals surface area (Å²) >= 11 is 9.13. The first-order valence-corrected chi connectivity index (χ1v) is 9.33. The SMILES string of the molecule is CCC(CSC)n1c(SCC(=O)O)nc2ccc(Cl)cc21. The highest BCUT2D eigenvalue weighted by Gasteiger charge is 2.19. The van der Waals surface area contributed by atoms with Gasteiger partial charge in [-0.1, -0.05) is 30.3 Å². The number of halogens is 1. The predicted octanol–water partition coefficient (Wildman–Crippen LogP) is 4.18. The first-order chi connectivity index (χ1) is 10.1. The number of carboxylic acids is 1. The van der Waals surface area contributed by atoms with E-state index in [1.54, 1.807) is 11.8 Å².